The Kier molecular flexibility index (Phi) is 6.83. The lowest BCUT2D eigenvalue weighted by Crippen LogP contribution is -2.57. The monoisotopic (exact) mass is 303 g/mol. The minimum Gasteiger partial charge on any atom is -0.465 e. The maximum absolute atomic E-state index is 11.7. The number of ether oxygens (including phenoxy) is 2. The van der Waals surface area contributed by atoms with Crippen LogP contribution in [-0.4, -0.2) is 25.8 Å². The van der Waals surface area contributed by atoms with Gasteiger partial charge in [0.2, 0.25) is 5.41 Å². The van der Waals surface area contributed by atoms with E-state index in [1.807, 2.05) is 0 Å². The van der Waals surface area contributed by atoms with E-state index >= 15 is 0 Å². The van der Waals surface area contributed by atoms with Gasteiger partial charge in [-0.3, -0.25) is 4.79 Å². The van der Waals surface area contributed by atoms with Gasteiger partial charge in [0.15, 0.2) is 0 Å². The van der Waals surface area contributed by atoms with Crippen molar-refractivity contribution in [1.29, 1.82) is 15.8 Å². The maximum atomic E-state index is 11.7. The highest BCUT2D eigenvalue weighted by atomic mass is 16.5. The van der Waals surface area contributed by atoms with E-state index in [-0.39, 0.29) is 25.8 Å². The molecule has 1 rings (SSSR count). The van der Waals surface area contributed by atoms with Crippen LogP contribution in [0.5, 0.6) is 0 Å². The largest absolute Gasteiger partial charge is 0.465 e. The second-order valence-electron chi connectivity index (χ2n) is 5.68. The van der Waals surface area contributed by atoms with Crippen molar-refractivity contribution in [3.63, 3.8) is 0 Å². The first-order valence-corrected chi connectivity index (χ1v) is 7.57. The summed E-state index contributed by atoms with van der Waals surface area (Å²) in [6, 6.07) is 5.26. The molecule has 0 aliphatic carbocycles. The van der Waals surface area contributed by atoms with Crippen molar-refractivity contribution in [2.45, 2.75) is 45.4 Å². The van der Waals surface area contributed by atoms with Crippen LogP contribution in [0.25, 0.3) is 0 Å². The van der Waals surface area contributed by atoms with E-state index in [9.17, 15) is 20.6 Å². The quantitative estimate of drug-likeness (QED) is 0.478. The second kappa shape index (κ2) is 8.37. The van der Waals surface area contributed by atoms with Crippen molar-refractivity contribution in [1.82, 2.24) is 0 Å². The van der Waals surface area contributed by atoms with Crippen molar-refractivity contribution >= 4 is 5.97 Å². The van der Waals surface area contributed by atoms with Crippen LogP contribution in [0.15, 0.2) is 0 Å². The van der Waals surface area contributed by atoms with Crippen LogP contribution in [0.1, 0.15) is 45.4 Å². The van der Waals surface area contributed by atoms with Gasteiger partial charge in [-0.15, -0.1) is 0 Å². The summed E-state index contributed by atoms with van der Waals surface area (Å²) in [7, 11) is 0. The summed E-state index contributed by atoms with van der Waals surface area (Å²) in [6.45, 7) is 2.15. The molecule has 1 fully saturated rings. The maximum Gasteiger partial charge on any atom is 0.305 e. The Hall–Kier alpha value is -2.10. The molecule has 0 atom stereocenters. The van der Waals surface area contributed by atoms with Crippen molar-refractivity contribution in [3.05, 3.63) is 0 Å². The average molecular weight is 303 g/mol. The minimum atomic E-state index is -1.84. The van der Waals surface area contributed by atoms with E-state index in [0.717, 1.165) is 32.1 Å². The molecule has 0 unspecified atom stereocenters. The number of nitriles is 3. The van der Waals surface area contributed by atoms with Gasteiger partial charge >= 0.3 is 5.97 Å². The zero-order valence-corrected chi connectivity index (χ0v) is 12.9. The molecule has 0 saturated carbocycles. The number of carbonyl (C=O) groups excluding carboxylic acids is 1. The standard InChI is InChI=1S/C16H21N3O3/c1-2-3-4-5-6-7-14(20)22-13-16(11-21-12-16)15(8-17,9-18)10-19/h2-7,11-13H2,1H3. The molecular weight excluding hydrogens is 282 g/mol. The lowest BCUT2D eigenvalue weighted by Gasteiger charge is -2.44. The normalized spacial score (nSPS) is 15.7. The molecule has 6 heteroatoms. The second-order valence-corrected chi connectivity index (χ2v) is 5.68. The molecule has 0 aromatic heterocycles. The molecular formula is C16H21N3O3. The van der Waals surface area contributed by atoms with Crippen LogP contribution in [0.3, 0.4) is 0 Å². The third kappa shape index (κ3) is 3.75. The number of hydrogen-bond donors (Lipinski definition) is 0. The highest BCUT2D eigenvalue weighted by Gasteiger charge is 2.59. The summed E-state index contributed by atoms with van der Waals surface area (Å²) in [6.07, 6.45) is 5.47. The lowest BCUT2D eigenvalue weighted by atomic mass is 9.64. The van der Waals surface area contributed by atoms with Gasteiger partial charge in [-0.05, 0) is 6.42 Å². The molecule has 0 bridgehead atoms. The summed E-state index contributed by atoms with van der Waals surface area (Å²) >= 11 is 0. The van der Waals surface area contributed by atoms with Crippen LogP contribution in [0.4, 0.5) is 0 Å². The summed E-state index contributed by atoms with van der Waals surface area (Å²) in [5.41, 5.74) is -2.88. The number of hydrogen-bond acceptors (Lipinski definition) is 6. The van der Waals surface area contributed by atoms with E-state index in [4.69, 9.17) is 9.47 Å². The predicted octanol–water partition coefficient (Wildman–Crippen LogP) is 2.46. The molecule has 1 aliphatic heterocycles. The summed E-state index contributed by atoms with van der Waals surface area (Å²) in [5.74, 6) is -0.356. The molecule has 22 heavy (non-hydrogen) atoms. The molecule has 1 heterocycles. The zero-order valence-electron chi connectivity index (χ0n) is 12.9. The number of carbonyl (C=O) groups is 1. The minimum absolute atomic E-state index is 0.0749. The van der Waals surface area contributed by atoms with Gasteiger partial charge in [-0.2, -0.15) is 15.8 Å². The van der Waals surface area contributed by atoms with Crippen LogP contribution >= 0.6 is 0 Å². The van der Waals surface area contributed by atoms with Gasteiger partial charge in [0.05, 0.1) is 18.6 Å². The van der Waals surface area contributed by atoms with E-state index in [2.05, 4.69) is 6.92 Å². The van der Waals surface area contributed by atoms with Gasteiger partial charge in [0.25, 0.3) is 0 Å². The Morgan fingerprint density at radius 3 is 2.18 bits per heavy atom. The first-order chi connectivity index (χ1) is 10.6. The summed E-state index contributed by atoms with van der Waals surface area (Å²) in [5, 5.41) is 27.5. The summed E-state index contributed by atoms with van der Waals surface area (Å²) < 4.78 is 10.3. The van der Waals surface area contributed by atoms with Gasteiger partial charge in [-0.1, -0.05) is 32.6 Å². The van der Waals surface area contributed by atoms with E-state index in [1.165, 1.54) is 0 Å². The Bertz CT molecular complexity index is 470. The van der Waals surface area contributed by atoms with Gasteiger partial charge in [-0.25, -0.2) is 0 Å². The predicted molar refractivity (Wildman–Crippen MR) is 76.9 cm³/mol. The van der Waals surface area contributed by atoms with Crippen molar-refractivity contribution < 1.29 is 14.3 Å². The molecule has 6 nitrogen and oxygen atoms in total. The van der Waals surface area contributed by atoms with Crippen LogP contribution < -0.4 is 0 Å². The number of unbranched alkanes of at least 4 members (excludes halogenated alkanes) is 4. The lowest BCUT2D eigenvalue weighted by molar-refractivity contribution is -0.183. The van der Waals surface area contributed by atoms with E-state index in [1.54, 1.807) is 18.2 Å². The first kappa shape index (κ1) is 18.0. The van der Waals surface area contributed by atoms with Crippen LogP contribution in [0, 0.1) is 44.8 Å². The van der Waals surface area contributed by atoms with Crippen molar-refractivity contribution in [2.24, 2.45) is 10.8 Å². The molecule has 0 aromatic rings. The number of esters is 1. The van der Waals surface area contributed by atoms with E-state index in [0.29, 0.717) is 6.42 Å². The zero-order chi connectivity index (χ0) is 16.5. The topological polar surface area (TPSA) is 107 Å². The fourth-order valence-electron chi connectivity index (χ4n) is 2.35. The summed E-state index contributed by atoms with van der Waals surface area (Å²) in [4.78, 5) is 11.7. The average Bonchev–Trinajstić information content (AvgIpc) is 2.50. The molecule has 0 amide bonds. The van der Waals surface area contributed by atoms with Crippen molar-refractivity contribution in [2.75, 3.05) is 19.8 Å². The van der Waals surface area contributed by atoms with Crippen LogP contribution in [-0.2, 0) is 14.3 Å². The number of nitrogens with zero attached hydrogens (tertiary/aromatic N) is 3. The molecule has 118 valence electrons. The Morgan fingerprint density at radius 1 is 1.14 bits per heavy atom. The van der Waals surface area contributed by atoms with Gasteiger partial charge < -0.3 is 9.47 Å². The highest BCUT2D eigenvalue weighted by molar-refractivity contribution is 5.69. The molecule has 0 spiro atoms. The molecule has 0 aromatic carbocycles. The number of rotatable bonds is 9. The smallest absolute Gasteiger partial charge is 0.305 e. The Labute approximate surface area is 131 Å². The Morgan fingerprint density at radius 2 is 1.73 bits per heavy atom. The fraction of sp³-hybridized carbons (Fsp3) is 0.750. The Balaban J connectivity index is 2.48. The highest BCUT2D eigenvalue weighted by Crippen LogP contribution is 2.44. The molecule has 0 N–H and O–H groups in total. The van der Waals surface area contributed by atoms with Gasteiger partial charge in [0, 0.05) is 6.42 Å². The SMILES string of the molecule is CCCCCCCC(=O)OCC1(C(C#N)(C#N)C#N)COC1. The third-order valence-corrected chi connectivity index (χ3v) is 4.05. The van der Waals surface area contributed by atoms with Gasteiger partial charge in [0.1, 0.15) is 24.8 Å². The molecule has 1 saturated heterocycles. The van der Waals surface area contributed by atoms with Crippen LogP contribution in [0.2, 0.25) is 0 Å². The van der Waals surface area contributed by atoms with Crippen molar-refractivity contribution in [3.8, 4) is 18.2 Å². The molecule has 1 aliphatic rings. The third-order valence-electron chi connectivity index (χ3n) is 4.05. The van der Waals surface area contributed by atoms with E-state index < -0.39 is 10.8 Å². The first-order valence-electron chi connectivity index (χ1n) is 7.57. The molecule has 0 radical (unpaired) electrons. The fourth-order valence-corrected chi connectivity index (χ4v) is 2.35.